The molecule has 0 spiro atoms. The summed E-state index contributed by atoms with van der Waals surface area (Å²) in [5.41, 5.74) is 12.5. The molecule has 0 bridgehead atoms. The van der Waals surface area contributed by atoms with Gasteiger partial charge in [0, 0.05) is 6.04 Å². The van der Waals surface area contributed by atoms with Crippen molar-refractivity contribution >= 4 is 17.3 Å². The van der Waals surface area contributed by atoms with E-state index in [0.717, 1.165) is 5.69 Å². The van der Waals surface area contributed by atoms with Crippen molar-refractivity contribution in [1.29, 1.82) is 0 Å². The number of nitrogens with two attached hydrogens (primary N) is 2. The van der Waals surface area contributed by atoms with Gasteiger partial charge < -0.3 is 21.1 Å². The number of nitrogen functional groups attached to an aromatic ring is 1. The molecule has 1 amide bonds. The van der Waals surface area contributed by atoms with Crippen molar-refractivity contribution in [2.24, 2.45) is 5.73 Å². The third-order valence-electron chi connectivity index (χ3n) is 2.52. The van der Waals surface area contributed by atoms with Crippen molar-refractivity contribution < 1.29 is 9.53 Å². The van der Waals surface area contributed by atoms with E-state index in [1.807, 2.05) is 30.9 Å². The van der Waals surface area contributed by atoms with Crippen LogP contribution < -0.4 is 21.1 Å². The van der Waals surface area contributed by atoms with Gasteiger partial charge >= 0.3 is 0 Å². The second kappa shape index (κ2) is 5.43. The first-order valence-electron chi connectivity index (χ1n) is 5.44. The number of hydrogen-bond acceptors (Lipinski definition) is 4. The third kappa shape index (κ3) is 3.03. The lowest BCUT2D eigenvalue weighted by atomic mass is 10.2. The summed E-state index contributed by atoms with van der Waals surface area (Å²) in [4.78, 5) is 12.9. The van der Waals surface area contributed by atoms with E-state index < -0.39 is 0 Å². The number of para-hydroxylation sites is 1. The number of anilines is 2. The summed E-state index contributed by atoms with van der Waals surface area (Å²) in [5.74, 6) is 0.207. The number of ether oxygens (including phenoxy) is 1. The molecule has 1 aromatic rings. The van der Waals surface area contributed by atoms with Crippen LogP contribution in [0.4, 0.5) is 11.4 Å². The van der Waals surface area contributed by atoms with Gasteiger partial charge in [0.2, 0.25) is 5.91 Å². The Morgan fingerprint density at radius 1 is 1.47 bits per heavy atom. The zero-order valence-corrected chi connectivity index (χ0v) is 10.4. The van der Waals surface area contributed by atoms with Crippen LogP contribution >= 0.6 is 0 Å². The van der Waals surface area contributed by atoms with Gasteiger partial charge in [-0.3, -0.25) is 4.79 Å². The normalized spacial score (nSPS) is 10.4. The van der Waals surface area contributed by atoms with E-state index >= 15 is 0 Å². The fourth-order valence-corrected chi connectivity index (χ4v) is 1.67. The molecule has 0 fully saturated rings. The van der Waals surface area contributed by atoms with Gasteiger partial charge in [0.05, 0.1) is 25.0 Å². The van der Waals surface area contributed by atoms with E-state index in [1.165, 1.54) is 0 Å². The smallest absolute Gasteiger partial charge is 0.236 e. The molecule has 0 atom stereocenters. The van der Waals surface area contributed by atoms with Crippen LogP contribution in [0.2, 0.25) is 0 Å². The molecule has 0 aromatic heterocycles. The first-order chi connectivity index (χ1) is 7.97. The lowest BCUT2D eigenvalue weighted by Gasteiger charge is -2.29. The van der Waals surface area contributed by atoms with E-state index in [2.05, 4.69) is 0 Å². The number of hydrogen-bond donors (Lipinski definition) is 2. The van der Waals surface area contributed by atoms with Crippen molar-refractivity contribution in [3.8, 4) is 5.75 Å². The summed E-state index contributed by atoms with van der Waals surface area (Å²) in [5, 5.41) is 0. The minimum Gasteiger partial charge on any atom is -0.495 e. The second-order valence-corrected chi connectivity index (χ2v) is 4.08. The average Bonchev–Trinajstić information content (AvgIpc) is 2.26. The maximum absolute atomic E-state index is 11.1. The van der Waals surface area contributed by atoms with Gasteiger partial charge in [0.25, 0.3) is 0 Å². The van der Waals surface area contributed by atoms with Crippen molar-refractivity contribution in [2.75, 3.05) is 24.3 Å². The van der Waals surface area contributed by atoms with Crippen LogP contribution in [0, 0.1) is 0 Å². The first kappa shape index (κ1) is 13.2. The highest BCUT2D eigenvalue weighted by atomic mass is 16.5. The Morgan fingerprint density at radius 2 is 2.12 bits per heavy atom. The summed E-state index contributed by atoms with van der Waals surface area (Å²) in [7, 11) is 1.56. The Morgan fingerprint density at radius 3 is 2.59 bits per heavy atom. The van der Waals surface area contributed by atoms with Crippen LogP contribution in [-0.2, 0) is 4.79 Å². The average molecular weight is 237 g/mol. The number of primary amides is 1. The maximum atomic E-state index is 11.1. The molecule has 4 N–H and O–H groups in total. The van der Waals surface area contributed by atoms with Gasteiger partial charge in [-0.2, -0.15) is 0 Å². The topological polar surface area (TPSA) is 81.6 Å². The van der Waals surface area contributed by atoms with Crippen molar-refractivity contribution in [2.45, 2.75) is 19.9 Å². The molecule has 94 valence electrons. The van der Waals surface area contributed by atoms with Crippen LogP contribution in [0.15, 0.2) is 18.2 Å². The molecule has 0 aliphatic heterocycles. The highest BCUT2D eigenvalue weighted by Crippen LogP contribution is 2.32. The number of amides is 1. The summed E-state index contributed by atoms with van der Waals surface area (Å²) >= 11 is 0. The number of nitrogens with zero attached hydrogens (tertiary/aromatic N) is 1. The summed E-state index contributed by atoms with van der Waals surface area (Å²) in [6.07, 6.45) is 0. The number of carbonyl (C=O) groups excluding carboxylic acids is 1. The SMILES string of the molecule is COc1cccc(N(CC(N)=O)C(C)C)c1N. The molecular weight excluding hydrogens is 218 g/mol. The Balaban J connectivity index is 3.14. The van der Waals surface area contributed by atoms with Gasteiger partial charge in [-0.1, -0.05) is 6.07 Å². The molecule has 17 heavy (non-hydrogen) atoms. The van der Waals surface area contributed by atoms with E-state index in [9.17, 15) is 4.79 Å². The largest absolute Gasteiger partial charge is 0.495 e. The van der Waals surface area contributed by atoms with Crippen molar-refractivity contribution in [3.05, 3.63) is 18.2 Å². The number of rotatable bonds is 5. The predicted octanol–water partition coefficient (Wildman–Crippen LogP) is 0.977. The van der Waals surface area contributed by atoms with Crippen LogP contribution in [0.3, 0.4) is 0 Å². The zero-order chi connectivity index (χ0) is 13.0. The van der Waals surface area contributed by atoms with E-state index in [1.54, 1.807) is 13.2 Å². The quantitative estimate of drug-likeness (QED) is 0.748. The van der Waals surface area contributed by atoms with E-state index in [0.29, 0.717) is 11.4 Å². The van der Waals surface area contributed by atoms with Gasteiger partial charge in [0.15, 0.2) is 0 Å². The molecular formula is C12H19N3O2. The Bertz CT molecular complexity index is 405. The van der Waals surface area contributed by atoms with E-state index in [4.69, 9.17) is 16.2 Å². The second-order valence-electron chi connectivity index (χ2n) is 4.08. The molecule has 5 heteroatoms. The van der Waals surface area contributed by atoms with Crippen LogP contribution in [0.5, 0.6) is 5.75 Å². The molecule has 0 heterocycles. The maximum Gasteiger partial charge on any atom is 0.236 e. The fourth-order valence-electron chi connectivity index (χ4n) is 1.67. The third-order valence-corrected chi connectivity index (χ3v) is 2.52. The Hall–Kier alpha value is -1.91. The van der Waals surface area contributed by atoms with Gasteiger partial charge in [-0.25, -0.2) is 0 Å². The highest BCUT2D eigenvalue weighted by Gasteiger charge is 2.17. The van der Waals surface area contributed by atoms with Crippen molar-refractivity contribution in [1.82, 2.24) is 0 Å². The van der Waals surface area contributed by atoms with Crippen molar-refractivity contribution in [3.63, 3.8) is 0 Å². The number of methoxy groups -OCH3 is 1. The van der Waals surface area contributed by atoms with Gasteiger partial charge in [-0.15, -0.1) is 0 Å². The monoisotopic (exact) mass is 237 g/mol. The van der Waals surface area contributed by atoms with Crippen LogP contribution in [-0.4, -0.2) is 25.6 Å². The molecule has 0 aliphatic rings. The van der Waals surface area contributed by atoms with Crippen LogP contribution in [0.25, 0.3) is 0 Å². The molecule has 0 radical (unpaired) electrons. The van der Waals surface area contributed by atoms with Crippen LogP contribution in [0.1, 0.15) is 13.8 Å². The molecule has 0 aliphatic carbocycles. The molecule has 1 aromatic carbocycles. The predicted molar refractivity (Wildman–Crippen MR) is 69.1 cm³/mol. The lowest BCUT2D eigenvalue weighted by molar-refractivity contribution is -0.116. The minimum atomic E-state index is -0.388. The summed E-state index contributed by atoms with van der Waals surface area (Å²) in [6, 6.07) is 5.58. The standard InChI is InChI=1S/C12H19N3O2/c1-8(2)15(7-11(13)16)9-5-4-6-10(17-3)12(9)14/h4-6,8H,7,14H2,1-3H3,(H2,13,16). The zero-order valence-electron chi connectivity index (χ0n) is 10.4. The lowest BCUT2D eigenvalue weighted by Crippen LogP contribution is -2.39. The fraction of sp³-hybridized carbons (Fsp3) is 0.417. The number of benzene rings is 1. The Labute approximate surface area is 101 Å². The van der Waals surface area contributed by atoms with E-state index in [-0.39, 0.29) is 18.5 Å². The molecule has 1 rings (SSSR count). The summed E-state index contributed by atoms with van der Waals surface area (Å²) < 4.78 is 5.15. The number of carbonyl (C=O) groups is 1. The van der Waals surface area contributed by atoms with Gasteiger partial charge in [-0.05, 0) is 26.0 Å². The first-order valence-corrected chi connectivity index (χ1v) is 5.44. The minimum absolute atomic E-state index is 0.122. The summed E-state index contributed by atoms with van der Waals surface area (Å²) in [6.45, 7) is 4.08. The molecule has 5 nitrogen and oxygen atoms in total. The Kier molecular flexibility index (Phi) is 4.20. The molecule has 0 unspecified atom stereocenters. The molecule has 0 saturated heterocycles. The highest BCUT2D eigenvalue weighted by molar-refractivity contribution is 5.83. The van der Waals surface area contributed by atoms with Gasteiger partial charge in [0.1, 0.15) is 5.75 Å². The molecule has 0 saturated carbocycles.